The molecule has 2 atom stereocenters. The number of allylic oxidation sites excluding steroid dienone is 1. The number of hydrogen-bond donors (Lipinski definition) is 2. The zero-order valence-electron chi connectivity index (χ0n) is 6.97. The Labute approximate surface area is 75.7 Å². The summed E-state index contributed by atoms with van der Waals surface area (Å²) in [5, 5.41) is 12.0. The lowest BCUT2D eigenvalue weighted by molar-refractivity contribution is -0.141. The fraction of sp³-hybridized carbons (Fsp3) is 0.333. The molecule has 68 valence electrons. The molecule has 0 spiro atoms. The molecule has 2 aliphatic heterocycles. The molecule has 0 amide bonds. The van der Waals surface area contributed by atoms with Gasteiger partial charge in [-0.25, -0.2) is 0 Å². The summed E-state index contributed by atoms with van der Waals surface area (Å²) in [6, 6.07) is -0.111. The van der Waals surface area contributed by atoms with Gasteiger partial charge in [-0.15, -0.1) is 0 Å². The molecule has 2 aliphatic rings. The molecule has 0 saturated carbocycles. The standard InChI is InChI=1S/C9H10N2O2/c12-9(13)7-5-10-3-1-6-2-4-11-8(6)7/h1-4,7-8,11H,5H2,(H,12,13). The summed E-state index contributed by atoms with van der Waals surface area (Å²) < 4.78 is 0. The number of nitrogens with one attached hydrogen (secondary N) is 1. The van der Waals surface area contributed by atoms with Crippen LogP contribution in [-0.4, -0.2) is 29.9 Å². The zero-order valence-corrected chi connectivity index (χ0v) is 6.97. The lowest BCUT2D eigenvalue weighted by atomic mass is 9.95. The Hall–Kier alpha value is -1.58. The largest absolute Gasteiger partial charge is 0.481 e. The van der Waals surface area contributed by atoms with Crippen LogP contribution in [-0.2, 0) is 4.79 Å². The SMILES string of the molecule is O=C(O)C1CN=CC=C2C=CNC21. The minimum atomic E-state index is -0.800. The number of carbonyl (C=O) groups is 1. The van der Waals surface area contributed by atoms with Crippen molar-refractivity contribution in [3.05, 3.63) is 23.9 Å². The van der Waals surface area contributed by atoms with Crippen LogP contribution >= 0.6 is 0 Å². The van der Waals surface area contributed by atoms with Gasteiger partial charge in [0.15, 0.2) is 0 Å². The molecule has 0 aliphatic carbocycles. The quantitative estimate of drug-likeness (QED) is 0.602. The van der Waals surface area contributed by atoms with Crippen molar-refractivity contribution < 1.29 is 9.90 Å². The second kappa shape index (κ2) is 3.05. The summed E-state index contributed by atoms with van der Waals surface area (Å²) in [5.41, 5.74) is 0.994. The van der Waals surface area contributed by atoms with Crippen LogP contribution in [0.4, 0.5) is 0 Å². The molecule has 0 aromatic rings. The Balaban J connectivity index is 2.28. The third-order valence-electron chi connectivity index (χ3n) is 2.30. The molecule has 0 aromatic heterocycles. The number of hydrogen-bond acceptors (Lipinski definition) is 3. The highest BCUT2D eigenvalue weighted by Crippen LogP contribution is 2.20. The van der Waals surface area contributed by atoms with Crippen LogP contribution in [0.3, 0.4) is 0 Å². The monoisotopic (exact) mass is 178 g/mol. The van der Waals surface area contributed by atoms with Gasteiger partial charge in [0.05, 0.1) is 12.6 Å². The van der Waals surface area contributed by atoms with Gasteiger partial charge in [0, 0.05) is 6.21 Å². The summed E-state index contributed by atoms with van der Waals surface area (Å²) in [4.78, 5) is 14.9. The molecular formula is C9H10N2O2. The topological polar surface area (TPSA) is 61.7 Å². The number of nitrogens with zero attached hydrogens (tertiary/aromatic N) is 1. The first-order chi connectivity index (χ1) is 6.29. The van der Waals surface area contributed by atoms with Crippen LogP contribution in [0.2, 0.25) is 0 Å². The number of carboxylic acid groups (broad SMARTS) is 1. The highest BCUT2D eigenvalue weighted by atomic mass is 16.4. The van der Waals surface area contributed by atoms with Crippen LogP contribution in [0.25, 0.3) is 0 Å². The van der Waals surface area contributed by atoms with Crippen molar-refractivity contribution in [2.24, 2.45) is 10.9 Å². The first kappa shape index (κ1) is 8.04. The fourth-order valence-corrected chi connectivity index (χ4v) is 1.59. The molecule has 4 heteroatoms. The van der Waals surface area contributed by atoms with E-state index in [9.17, 15) is 4.79 Å². The Morgan fingerprint density at radius 2 is 2.54 bits per heavy atom. The molecule has 0 aromatic carbocycles. The van der Waals surface area contributed by atoms with E-state index in [0.29, 0.717) is 6.54 Å². The van der Waals surface area contributed by atoms with E-state index in [2.05, 4.69) is 10.3 Å². The van der Waals surface area contributed by atoms with Gasteiger partial charge in [-0.2, -0.15) is 0 Å². The number of carboxylic acids is 1. The van der Waals surface area contributed by atoms with Crippen molar-refractivity contribution in [2.45, 2.75) is 6.04 Å². The van der Waals surface area contributed by atoms with Gasteiger partial charge in [0.25, 0.3) is 0 Å². The summed E-state index contributed by atoms with van der Waals surface area (Å²) in [5.74, 6) is -1.26. The van der Waals surface area contributed by atoms with E-state index in [4.69, 9.17) is 5.11 Å². The highest BCUT2D eigenvalue weighted by molar-refractivity contribution is 5.78. The third kappa shape index (κ3) is 1.35. The maximum Gasteiger partial charge on any atom is 0.310 e. The maximum atomic E-state index is 10.9. The number of aliphatic imine (C=N–C) groups is 1. The van der Waals surface area contributed by atoms with Gasteiger partial charge in [0.2, 0.25) is 0 Å². The molecule has 0 bridgehead atoms. The van der Waals surface area contributed by atoms with Gasteiger partial charge < -0.3 is 10.4 Å². The van der Waals surface area contributed by atoms with E-state index in [1.54, 1.807) is 12.4 Å². The molecule has 0 radical (unpaired) electrons. The van der Waals surface area contributed by atoms with E-state index in [1.165, 1.54) is 0 Å². The molecular weight excluding hydrogens is 168 g/mol. The minimum absolute atomic E-state index is 0.111. The Kier molecular flexibility index (Phi) is 1.88. The van der Waals surface area contributed by atoms with Crippen LogP contribution in [0.15, 0.2) is 28.9 Å². The summed E-state index contributed by atoms with van der Waals surface area (Å²) in [6.07, 6.45) is 7.19. The first-order valence-electron chi connectivity index (χ1n) is 4.14. The molecule has 2 rings (SSSR count). The van der Waals surface area contributed by atoms with Crippen molar-refractivity contribution in [2.75, 3.05) is 6.54 Å². The van der Waals surface area contributed by atoms with Crippen LogP contribution < -0.4 is 5.32 Å². The van der Waals surface area contributed by atoms with Crippen LogP contribution in [0, 0.1) is 5.92 Å². The van der Waals surface area contributed by atoms with Crippen molar-refractivity contribution >= 4 is 12.2 Å². The highest BCUT2D eigenvalue weighted by Gasteiger charge is 2.31. The van der Waals surface area contributed by atoms with Crippen molar-refractivity contribution in [3.63, 3.8) is 0 Å². The smallest absolute Gasteiger partial charge is 0.310 e. The number of fused-ring (bicyclic) bond motifs is 1. The van der Waals surface area contributed by atoms with Crippen molar-refractivity contribution in [1.82, 2.24) is 5.32 Å². The average Bonchev–Trinajstić information content (AvgIpc) is 2.44. The van der Waals surface area contributed by atoms with Gasteiger partial charge in [-0.3, -0.25) is 9.79 Å². The number of rotatable bonds is 1. The third-order valence-corrected chi connectivity index (χ3v) is 2.30. The average molecular weight is 178 g/mol. The second-order valence-corrected chi connectivity index (χ2v) is 3.10. The zero-order chi connectivity index (χ0) is 9.26. The second-order valence-electron chi connectivity index (χ2n) is 3.10. The van der Waals surface area contributed by atoms with E-state index in [-0.39, 0.29) is 6.04 Å². The first-order valence-corrected chi connectivity index (χ1v) is 4.14. The Bertz CT molecular complexity index is 318. The predicted octanol–water partition coefficient (Wildman–Crippen LogP) is 0.184. The fourth-order valence-electron chi connectivity index (χ4n) is 1.59. The predicted molar refractivity (Wildman–Crippen MR) is 48.6 cm³/mol. The van der Waals surface area contributed by atoms with Gasteiger partial charge in [0.1, 0.15) is 5.92 Å². The lowest BCUT2D eigenvalue weighted by Crippen LogP contribution is -2.37. The van der Waals surface area contributed by atoms with Crippen molar-refractivity contribution in [1.29, 1.82) is 0 Å². The van der Waals surface area contributed by atoms with Gasteiger partial charge >= 0.3 is 5.97 Å². The summed E-state index contributed by atoms with van der Waals surface area (Å²) >= 11 is 0. The van der Waals surface area contributed by atoms with Crippen LogP contribution in [0.1, 0.15) is 0 Å². The Morgan fingerprint density at radius 1 is 1.69 bits per heavy atom. The van der Waals surface area contributed by atoms with Crippen LogP contribution in [0.5, 0.6) is 0 Å². The van der Waals surface area contributed by atoms with E-state index < -0.39 is 11.9 Å². The normalized spacial score (nSPS) is 30.3. The summed E-state index contributed by atoms with van der Waals surface area (Å²) in [6.45, 7) is 0.342. The number of aliphatic carboxylic acids is 1. The molecule has 2 heterocycles. The molecule has 2 N–H and O–H groups in total. The van der Waals surface area contributed by atoms with E-state index >= 15 is 0 Å². The molecule has 4 nitrogen and oxygen atoms in total. The van der Waals surface area contributed by atoms with Crippen molar-refractivity contribution in [3.8, 4) is 0 Å². The molecule has 2 unspecified atom stereocenters. The molecule has 0 saturated heterocycles. The maximum absolute atomic E-state index is 10.9. The Morgan fingerprint density at radius 3 is 3.31 bits per heavy atom. The van der Waals surface area contributed by atoms with E-state index in [1.807, 2.05) is 12.2 Å². The summed E-state index contributed by atoms with van der Waals surface area (Å²) in [7, 11) is 0. The van der Waals surface area contributed by atoms with Gasteiger partial charge in [-0.1, -0.05) is 0 Å². The lowest BCUT2D eigenvalue weighted by Gasteiger charge is -2.18. The molecule has 13 heavy (non-hydrogen) atoms. The molecule has 0 fully saturated rings. The van der Waals surface area contributed by atoms with Gasteiger partial charge in [-0.05, 0) is 23.9 Å². The van der Waals surface area contributed by atoms with E-state index in [0.717, 1.165) is 5.57 Å². The minimum Gasteiger partial charge on any atom is -0.481 e.